The number of carbonyl (C=O) groups excluding carboxylic acids is 1. The van der Waals surface area contributed by atoms with E-state index in [1.54, 1.807) is 7.11 Å². The number of nitrogens with one attached hydrogen (secondary N) is 1. The third kappa shape index (κ3) is 4.64. The van der Waals surface area contributed by atoms with Crippen LogP contribution >= 0.6 is 0 Å². The molecule has 1 aromatic rings. The van der Waals surface area contributed by atoms with Crippen LogP contribution in [0, 0.1) is 5.41 Å². The number of methoxy groups -OCH3 is 1. The summed E-state index contributed by atoms with van der Waals surface area (Å²) in [6.45, 7) is 2.84. The largest absolute Gasteiger partial charge is 0.489 e. The molecule has 3 saturated carbocycles. The van der Waals surface area contributed by atoms with E-state index in [2.05, 4.69) is 17.4 Å². The SMILES string of the molecule is CO[C@H](C)CNC(=O)C12CCC(c3ccc(OC/C(=C/F)CN)cc3)(CC1)CC2. The van der Waals surface area contributed by atoms with Crippen molar-refractivity contribution in [3.63, 3.8) is 0 Å². The van der Waals surface area contributed by atoms with Crippen LogP contribution < -0.4 is 15.8 Å². The second kappa shape index (κ2) is 9.26. The highest BCUT2D eigenvalue weighted by molar-refractivity contribution is 5.83. The van der Waals surface area contributed by atoms with Gasteiger partial charge in [-0.3, -0.25) is 4.79 Å². The highest BCUT2D eigenvalue weighted by Crippen LogP contribution is 2.57. The lowest BCUT2D eigenvalue weighted by atomic mass is 9.51. The van der Waals surface area contributed by atoms with Crippen LogP contribution in [0.15, 0.2) is 36.2 Å². The number of fused-ring (bicyclic) bond motifs is 3. The fourth-order valence-corrected chi connectivity index (χ4v) is 4.68. The predicted molar refractivity (Wildman–Crippen MR) is 111 cm³/mol. The summed E-state index contributed by atoms with van der Waals surface area (Å²) in [4.78, 5) is 12.8. The molecule has 3 fully saturated rings. The molecule has 6 heteroatoms. The molecule has 0 unspecified atom stereocenters. The van der Waals surface area contributed by atoms with Gasteiger partial charge in [-0.2, -0.15) is 0 Å². The zero-order valence-electron chi connectivity index (χ0n) is 17.5. The Kier molecular flexibility index (Phi) is 6.96. The van der Waals surface area contributed by atoms with Gasteiger partial charge in [-0.05, 0) is 68.6 Å². The van der Waals surface area contributed by atoms with E-state index in [1.807, 2.05) is 19.1 Å². The minimum Gasteiger partial charge on any atom is -0.489 e. The molecule has 3 aliphatic rings. The molecule has 29 heavy (non-hydrogen) atoms. The fourth-order valence-electron chi connectivity index (χ4n) is 4.68. The van der Waals surface area contributed by atoms with Gasteiger partial charge < -0.3 is 20.5 Å². The average molecular weight is 405 g/mol. The third-order valence-electron chi connectivity index (χ3n) is 6.99. The summed E-state index contributed by atoms with van der Waals surface area (Å²) in [5.41, 5.74) is 7.14. The second-order valence-corrected chi connectivity index (χ2v) is 8.60. The van der Waals surface area contributed by atoms with E-state index in [-0.39, 0.29) is 36.0 Å². The maximum Gasteiger partial charge on any atom is 0.226 e. The van der Waals surface area contributed by atoms with E-state index in [9.17, 15) is 9.18 Å². The van der Waals surface area contributed by atoms with Crippen molar-refractivity contribution in [3.05, 3.63) is 41.7 Å². The van der Waals surface area contributed by atoms with E-state index in [1.165, 1.54) is 5.56 Å². The minimum absolute atomic E-state index is 0.0312. The maximum absolute atomic E-state index is 12.8. The summed E-state index contributed by atoms with van der Waals surface area (Å²) < 4.78 is 23.5. The van der Waals surface area contributed by atoms with Gasteiger partial charge in [-0.15, -0.1) is 0 Å². The van der Waals surface area contributed by atoms with E-state index in [4.69, 9.17) is 15.2 Å². The first kappa shape index (κ1) is 21.8. The third-order valence-corrected chi connectivity index (χ3v) is 6.99. The molecule has 0 heterocycles. The number of benzene rings is 1. The lowest BCUT2D eigenvalue weighted by Gasteiger charge is -2.52. The molecule has 0 aromatic heterocycles. The second-order valence-electron chi connectivity index (χ2n) is 8.60. The summed E-state index contributed by atoms with van der Waals surface area (Å²) in [5, 5.41) is 3.09. The van der Waals surface area contributed by atoms with Gasteiger partial charge in [0.1, 0.15) is 12.4 Å². The summed E-state index contributed by atoms with van der Waals surface area (Å²) in [7, 11) is 1.66. The number of carbonyl (C=O) groups is 1. The molecule has 1 amide bonds. The lowest BCUT2D eigenvalue weighted by molar-refractivity contribution is -0.138. The van der Waals surface area contributed by atoms with Crippen LogP contribution in [0.25, 0.3) is 0 Å². The monoisotopic (exact) mass is 404 g/mol. The topological polar surface area (TPSA) is 73.6 Å². The van der Waals surface area contributed by atoms with Crippen molar-refractivity contribution >= 4 is 5.91 Å². The highest BCUT2D eigenvalue weighted by Gasteiger charge is 2.52. The van der Waals surface area contributed by atoms with Crippen LogP contribution in [0.3, 0.4) is 0 Å². The molecular weight excluding hydrogens is 371 g/mol. The molecule has 0 saturated heterocycles. The van der Waals surface area contributed by atoms with Crippen molar-refractivity contribution < 1.29 is 18.7 Å². The van der Waals surface area contributed by atoms with E-state index >= 15 is 0 Å². The number of hydrogen-bond donors (Lipinski definition) is 2. The molecule has 5 nitrogen and oxygen atoms in total. The predicted octanol–water partition coefficient (Wildman–Crippen LogP) is 3.62. The van der Waals surface area contributed by atoms with Crippen molar-refractivity contribution in [2.24, 2.45) is 11.1 Å². The molecule has 0 spiro atoms. The Hall–Kier alpha value is -1.92. The van der Waals surface area contributed by atoms with Gasteiger partial charge in [-0.1, -0.05) is 12.1 Å². The van der Waals surface area contributed by atoms with Gasteiger partial charge in [0.05, 0.1) is 12.4 Å². The van der Waals surface area contributed by atoms with Gasteiger partial charge in [0.2, 0.25) is 5.91 Å². The van der Waals surface area contributed by atoms with Crippen LogP contribution in [-0.4, -0.2) is 38.8 Å². The van der Waals surface area contributed by atoms with Crippen LogP contribution in [0.1, 0.15) is 51.0 Å². The Balaban J connectivity index is 1.59. The first-order chi connectivity index (χ1) is 14.0. The first-order valence-electron chi connectivity index (χ1n) is 10.5. The quantitative estimate of drug-likeness (QED) is 0.659. The molecule has 2 bridgehead atoms. The minimum atomic E-state index is -0.213. The van der Waals surface area contributed by atoms with Crippen molar-refractivity contribution in [2.75, 3.05) is 26.8 Å². The highest BCUT2D eigenvalue weighted by atomic mass is 19.1. The average Bonchev–Trinajstić information content (AvgIpc) is 2.79. The smallest absolute Gasteiger partial charge is 0.226 e. The van der Waals surface area contributed by atoms with Gasteiger partial charge >= 0.3 is 0 Å². The molecule has 1 atom stereocenters. The lowest BCUT2D eigenvalue weighted by Crippen LogP contribution is -2.52. The summed E-state index contributed by atoms with van der Waals surface area (Å²) >= 11 is 0. The Bertz CT molecular complexity index is 708. The Morgan fingerprint density at radius 3 is 2.34 bits per heavy atom. The summed E-state index contributed by atoms with van der Waals surface area (Å²) in [6, 6.07) is 8.14. The summed E-state index contributed by atoms with van der Waals surface area (Å²) in [5.74, 6) is 0.903. The number of halogens is 1. The standard InChI is InChI=1S/C23H33FN2O3/c1-17(28-2)15-26-21(27)23-10-7-22(8-11-23,9-12-23)19-3-5-20(6-4-19)29-16-18(13-24)14-25/h3-6,13,17H,7-12,14-16,25H2,1-2H3,(H,26,27)/b18-13+/t17-,22?,23?/m1/s1. The molecule has 4 rings (SSSR count). The Labute approximate surface area is 172 Å². The van der Waals surface area contributed by atoms with Gasteiger partial charge in [0.15, 0.2) is 0 Å². The normalized spacial score (nSPS) is 27.5. The molecule has 1 aromatic carbocycles. The fraction of sp³-hybridized carbons (Fsp3) is 0.609. The van der Waals surface area contributed by atoms with Crippen LogP contribution in [0.2, 0.25) is 0 Å². The number of hydrogen-bond acceptors (Lipinski definition) is 4. The van der Waals surface area contributed by atoms with E-state index in [0.29, 0.717) is 24.2 Å². The molecule has 0 aliphatic heterocycles. The van der Waals surface area contributed by atoms with Crippen LogP contribution in [0.4, 0.5) is 4.39 Å². The molecular formula is C23H33FN2O3. The molecule has 160 valence electrons. The van der Waals surface area contributed by atoms with Crippen LogP contribution in [0.5, 0.6) is 5.75 Å². The number of rotatable bonds is 9. The molecule has 3 aliphatic carbocycles. The van der Waals surface area contributed by atoms with Crippen molar-refractivity contribution in [1.82, 2.24) is 5.32 Å². The number of amides is 1. The Morgan fingerprint density at radius 2 is 1.83 bits per heavy atom. The Morgan fingerprint density at radius 1 is 1.21 bits per heavy atom. The number of nitrogens with two attached hydrogens (primary N) is 1. The first-order valence-corrected chi connectivity index (χ1v) is 10.5. The van der Waals surface area contributed by atoms with Gasteiger partial charge in [0, 0.05) is 31.2 Å². The van der Waals surface area contributed by atoms with Crippen molar-refractivity contribution in [2.45, 2.75) is 57.0 Å². The van der Waals surface area contributed by atoms with E-state index < -0.39 is 0 Å². The zero-order valence-corrected chi connectivity index (χ0v) is 17.5. The molecule has 3 N–H and O–H groups in total. The van der Waals surface area contributed by atoms with Crippen LogP contribution in [-0.2, 0) is 14.9 Å². The maximum atomic E-state index is 12.8. The summed E-state index contributed by atoms with van der Waals surface area (Å²) in [6.07, 6.45) is 6.42. The van der Waals surface area contributed by atoms with Crippen molar-refractivity contribution in [3.8, 4) is 5.75 Å². The molecule has 0 radical (unpaired) electrons. The van der Waals surface area contributed by atoms with Crippen molar-refractivity contribution in [1.29, 1.82) is 0 Å². The van der Waals surface area contributed by atoms with E-state index in [0.717, 1.165) is 38.5 Å². The van der Waals surface area contributed by atoms with Gasteiger partial charge in [0.25, 0.3) is 0 Å². The zero-order chi connectivity index (χ0) is 20.9. The van der Waals surface area contributed by atoms with Gasteiger partial charge in [-0.25, -0.2) is 4.39 Å². The number of ether oxygens (including phenoxy) is 2.